The third kappa shape index (κ3) is 4.65. The summed E-state index contributed by atoms with van der Waals surface area (Å²) in [7, 11) is 0. The minimum atomic E-state index is -0.520. The highest BCUT2D eigenvalue weighted by Gasteiger charge is 2.41. The molecule has 1 amide bonds. The number of benzene rings is 2. The number of carbonyl (C=O) groups is 1. The molecule has 0 aromatic heterocycles. The molecular weight excluding hydrogens is 383 g/mol. The van der Waals surface area contributed by atoms with Gasteiger partial charge in [-0.05, 0) is 67.0 Å². The van der Waals surface area contributed by atoms with Gasteiger partial charge in [0.25, 0.3) is 0 Å². The average molecular weight is 413 g/mol. The normalized spacial score (nSPS) is 23.5. The third-order valence-electron chi connectivity index (χ3n) is 6.63. The smallest absolute Gasteiger partial charge is 0.248 e. The number of amides is 1. The number of aliphatic hydroxyl groups excluding tert-OH is 1. The monoisotopic (exact) mass is 412 g/mol. The van der Waals surface area contributed by atoms with Gasteiger partial charge >= 0.3 is 0 Å². The fourth-order valence-corrected chi connectivity index (χ4v) is 5.13. The van der Waals surface area contributed by atoms with E-state index < -0.39 is 6.61 Å². The van der Waals surface area contributed by atoms with E-state index in [1.54, 1.807) is 23.1 Å². The number of nitrogens with zero attached hydrogens (tertiary/aromatic N) is 2. The Morgan fingerprint density at radius 3 is 2.43 bits per heavy atom. The van der Waals surface area contributed by atoms with Gasteiger partial charge < -0.3 is 15.1 Å². The zero-order valence-electron chi connectivity index (χ0n) is 17.1. The number of fused-ring (bicyclic) bond motifs is 2. The summed E-state index contributed by atoms with van der Waals surface area (Å²) in [5.41, 5.74) is 2.06. The molecule has 0 saturated carbocycles. The van der Waals surface area contributed by atoms with Crippen molar-refractivity contribution in [3.63, 3.8) is 0 Å². The van der Waals surface area contributed by atoms with Crippen LogP contribution >= 0.6 is 0 Å². The van der Waals surface area contributed by atoms with E-state index in [0.29, 0.717) is 36.8 Å². The van der Waals surface area contributed by atoms with Crippen molar-refractivity contribution in [3.8, 4) is 5.75 Å². The van der Waals surface area contributed by atoms with Gasteiger partial charge in [0.1, 0.15) is 18.2 Å². The summed E-state index contributed by atoms with van der Waals surface area (Å²) < 4.78 is 13.2. The number of hydrogen-bond acceptors (Lipinski definition) is 4. The molecule has 2 aromatic carbocycles. The number of carbonyl (C=O) groups excluding carboxylic acids is 1. The first-order valence-electron chi connectivity index (χ1n) is 10.7. The highest BCUT2D eigenvalue weighted by molar-refractivity contribution is 5.77. The minimum Gasteiger partial charge on any atom is -0.508 e. The second-order valence-electron chi connectivity index (χ2n) is 8.49. The van der Waals surface area contributed by atoms with Crippen molar-refractivity contribution in [2.45, 2.75) is 50.2 Å². The van der Waals surface area contributed by atoms with Crippen molar-refractivity contribution in [1.29, 1.82) is 0 Å². The van der Waals surface area contributed by atoms with Gasteiger partial charge in [0, 0.05) is 31.7 Å². The summed E-state index contributed by atoms with van der Waals surface area (Å²) in [6.07, 6.45) is 4.44. The molecule has 2 aromatic rings. The number of phenolic OH excluding ortho intramolecular Hbond substituents is 1. The van der Waals surface area contributed by atoms with E-state index in [9.17, 15) is 19.4 Å². The Labute approximate surface area is 176 Å². The van der Waals surface area contributed by atoms with Gasteiger partial charge in [0.15, 0.2) is 0 Å². The lowest BCUT2D eigenvalue weighted by Gasteiger charge is -2.40. The lowest BCUT2D eigenvalue weighted by Crippen LogP contribution is -2.47. The first-order valence-corrected chi connectivity index (χ1v) is 10.7. The Balaban J connectivity index is 1.38. The average Bonchev–Trinajstić information content (AvgIpc) is 2.98. The lowest BCUT2D eigenvalue weighted by molar-refractivity contribution is -0.135. The Morgan fingerprint density at radius 2 is 1.80 bits per heavy atom. The fourth-order valence-electron chi connectivity index (χ4n) is 5.13. The molecule has 5 nitrogen and oxygen atoms in total. The van der Waals surface area contributed by atoms with Crippen molar-refractivity contribution >= 4 is 5.91 Å². The number of aromatic hydroxyl groups is 1. The van der Waals surface area contributed by atoms with Crippen molar-refractivity contribution in [3.05, 3.63) is 65.5 Å². The Hall–Kier alpha value is -2.44. The van der Waals surface area contributed by atoms with Crippen LogP contribution in [0, 0.1) is 5.82 Å². The third-order valence-corrected chi connectivity index (χ3v) is 6.63. The van der Waals surface area contributed by atoms with Crippen LogP contribution in [0.15, 0.2) is 48.5 Å². The van der Waals surface area contributed by atoms with E-state index >= 15 is 0 Å². The highest BCUT2D eigenvalue weighted by Crippen LogP contribution is 2.43. The molecule has 0 aliphatic carbocycles. The molecule has 6 heteroatoms. The highest BCUT2D eigenvalue weighted by atomic mass is 19.1. The summed E-state index contributed by atoms with van der Waals surface area (Å²) in [4.78, 5) is 16.4. The van der Waals surface area contributed by atoms with Gasteiger partial charge in [0.2, 0.25) is 5.91 Å². The summed E-state index contributed by atoms with van der Waals surface area (Å²) in [6.45, 7) is 1.16. The summed E-state index contributed by atoms with van der Waals surface area (Å²) in [5, 5.41) is 19.2. The molecule has 2 heterocycles. The molecule has 2 N–H and O–H groups in total. The SMILES string of the molecule is O=C(CO)N(CCN1[C@@H]2CC[C@H]1C[C@@H](c1cccc(O)c1)C2)Cc1ccc(F)cc1. The van der Waals surface area contributed by atoms with Crippen molar-refractivity contribution < 1.29 is 19.4 Å². The predicted octanol–water partition coefficient (Wildman–Crippen LogP) is 3.26. The van der Waals surface area contributed by atoms with E-state index in [-0.39, 0.29) is 11.7 Å². The van der Waals surface area contributed by atoms with Crippen LogP contribution in [0.25, 0.3) is 0 Å². The van der Waals surface area contributed by atoms with Gasteiger partial charge in [-0.25, -0.2) is 4.39 Å². The standard InChI is InChI=1S/C24H29FN2O3/c25-20-6-4-17(5-7-20)15-26(24(30)16-28)10-11-27-21-8-9-22(27)13-19(12-21)18-2-1-3-23(29)14-18/h1-7,14,19,21-22,28-29H,8-13,15-16H2/t19-,21+,22-. The second-order valence-corrected chi connectivity index (χ2v) is 8.49. The number of halogens is 1. The van der Waals surface area contributed by atoms with Crippen molar-refractivity contribution in [1.82, 2.24) is 9.80 Å². The Morgan fingerprint density at radius 1 is 1.10 bits per heavy atom. The molecule has 0 spiro atoms. The molecule has 2 aliphatic rings. The van der Waals surface area contributed by atoms with Crippen molar-refractivity contribution in [2.75, 3.05) is 19.7 Å². The maximum Gasteiger partial charge on any atom is 0.248 e. The maximum atomic E-state index is 13.2. The van der Waals surface area contributed by atoms with Crippen LogP contribution in [0.2, 0.25) is 0 Å². The van der Waals surface area contributed by atoms with E-state index in [0.717, 1.165) is 37.8 Å². The number of hydrogen-bond donors (Lipinski definition) is 2. The fraction of sp³-hybridized carbons (Fsp3) is 0.458. The van der Waals surface area contributed by atoms with Gasteiger partial charge in [-0.1, -0.05) is 24.3 Å². The predicted molar refractivity (Wildman–Crippen MR) is 113 cm³/mol. The van der Waals surface area contributed by atoms with E-state index in [1.807, 2.05) is 12.1 Å². The van der Waals surface area contributed by atoms with E-state index in [1.165, 1.54) is 17.7 Å². The first kappa shape index (κ1) is 20.8. The molecule has 0 radical (unpaired) electrons. The summed E-state index contributed by atoms with van der Waals surface area (Å²) in [6, 6.07) is 14.7. The van der Waals surface area contributed by atoms with Crippen LogP contribution < -0.4 is 0 Å². The molecule has 2 saturated heterocycles. The van der Waals surface area contributed by atoms with Crippen LogP contribution in [0.1, 0.15) is 42.7 Å². The summed E-state index contributed by atoms with van der Waals surface area (Å²) >= 11 is 0. The molecule has 2 fully saturated rings. The quantitative estimate of drug-likeness (QED) is 0.733. The van der Waals surface area contributed by atoms with Crippen LogP contribution in [0.5, 0.6) is 5.75 Å². The zero-order valence-corrected chi connectivity index (χ0v) is 17.1. The molecule has 2 bridgehead atoms. The van der Waals surface area contributed by atoms with Gasteiger partial charge in [-0.3, -0.25) is 9.69 Å². The molecule has 4 rings (SSSR count). The number of phenols is 1. The maximum absolute atomic E-state index is 13.2. The van der Waals surface area contributed by atoms with Crippen LogP contribution in [-0.4, -0.2) is 57.7 Å². The molecule has 160 valence electrons. The van der Waals surface area contributed by atoms with Crippen LogP contribution in [0.4, 0.5) is 4.39 Å². The number of rotatable bonds is 7. The molecule has 0 unspecified atom stereocenters. The first-order chi connectivity index (χ1) is 14.5. The van der Waals surface area contributed by atoms with Crippen LogP contribution in [-0.2, 0) is 11.3 Å². The van der Waals surface area contributed by atoms with E-state index in [2.05, 4.69) is 11.0 Å². The molecule has 30 heavy (non-hydrogen) atoms. The summed E-state index contributed by atoms with van der Waals surface area (Å²) in [5.74, 6) is 0.174. The number of aliphatic hydroxyl groups is 1. The largest absolute Gasteiger partial charge is 0.508 e. The molecule has 3 atom stereocenters. The van der Waals surface area contributed by atoms with E-state index in [4.69, 9.17) is 0 Å². The lowest BCUT2D eigenvalue weighted by atomic mass is 9.85. The van der Waals surface area contributed by atoms with Gasteiger partial charge in [-0.2, -0.15) is 0 Å². The van der Waals surface area contributed by atoms with Crippen molar-refractivity contribution in [2.24, 2.45) is 0 Å². The van der Waals surface area contributed by atoms with Gasteiger partial charge in [-0.15, -0.1) is 0 Å². The second kappa shape index (κ2) is 9.14. The van der Waals surface area contributed by atoms with Crippen LogP contribution in [0.3, 0.4) is 0 Å². The topological polar surface area (TPSA) is 64.0 Å². The number of piperidine rings is 1. The van der Waals surface area contributed by atoms with Gasteiger partial charge in [0.05, 0.1) is 0 Å². The Kier molecular flexibility index (Phi) is 6.35. The minimum absolute atomic E-state index is 0.301. The molecule has 2 aliphatic heterocycles. The molecular formula is C24H29FN2O3. The zero-order chi connectivity index (χ0) is 21.1. The Bertz CT molecular complexity index is 859.